The summed E-state index contributed by atoms with van der Waals surface area (Å²) in [7, 11) is 0. The molecule has 37 heavy (non-hydrogen) atoms. The number of halogens is 12. The van der Waals surface area contributed by atoms with Crippen molar-refractivity contribution in [2.75, 3.05) is 0 Å². The Morgan fingerprint density at radius 3 is 1.19 bits per heavy atom. The average molecular weight is 558 g/mol. The van der Waals surface area contributed by atoms with Crippen LogP contribution in [-0.4, -0.2) is 12.3 Å². The van der Waals surface area contributed by atoms with Crippen LogP contribution in [0.3, 0.4) is 0 Å². The van der Waals surface area contributed by atoms with E-state index in [1.807, 2.05) is 0 Å². The maximum atomic E-state index is 15.6. The van der Waals surface area contributed by atoms with Crippen LogP contribution >= 0.6 is 11.8 Å². The summed E-state index contributed by atoms with van der Waals surface area (Å²) in [6, 6.07) is 4.70. The SMILES string of the molecule is FC1=C(F)C(F)C(SC2(c3cccc(F)c3)C(F)=C(F)C(F)=C(F)C2F)(c2cccc(F)c2)C(F)=C1F. The van der Waals surface area contributed by atoms with E-state index in [9.17, 15) is 35.1 Å². The third-order valence-electron chi connectivity index (χ3n) is 5.83. The molecule has 2 aliphatic carbocycles. The van der Waals surface area contributed by atoms with Gasteiger partial charge in [-0.1, -0.05) is 24.3 Å². The molecular formula is C24H10F12S. The van der Waals surface area contributed by atoms with Gasteiger partial charge in [-0.15, -0.1) is 11.8 Å². The number of benzene rings is 2. The summed E-state index contributed by atoms with van der Waals surface area (Å²) < 4.78 is 169. The zero-order chi connectivity index (χ0) is 27.4. The number of thioether (sulfide) groups is 1. The molecule has 0 aromatic heterocycles. The fraction of sp³-hybridized carbons (Fsp3) is 0.167. The minimum absolute atomic E-state index is 0.267. The molecule has 4 rings (SSSR count). The summed E-state index contributed by atoms with van der Waals surface area (Å²) in [4.78, 5) is 0. The van der Waals surface area contributed by atoms with E-state index < -0.39 is 103 Å². The van der Waals surface area contributed by atoms with E-state index in [0.717, 1.165) is 12.1 Å². The van der Waals surface area contributed by atoms with Crippen molar-refractivity contribution in [3.05, 3.63) is 118 Å². The number of hydrogen-bond acceptors (Lipinski definition) is 1. The largest absolute Gasteiger partial charge is 0.237 e. The Kier molecular flexibility index (Phi) is 6.80. The summed E-state index contributed by atoms with van der Waals surface area (Å²) in [5, 5.41) is 0. The van der Waals surface area contributed by atoms with Crippen molar-refractivity contribution >= 4 is 11.8 Å². The van der Waals surface area contributed by atoms with E-state index in [-0.39, 0.29) is 12.1 Å². The predicted octanol–water partition coefficient (Wildman–Crippen LogP) is 9.09. The predicted molar refractivity (Wildman–Crippen MR) is 111 cm³/mol. The normalized spacial score (nSPS) is 29.0. The maximum absolute atomic E-state index is 15.6. The minimum atomic E-state index is -3.80. The molecule has 0 spiro atoms. The van der Waals surface area contributed by atoms with E-state index >= 15 is 17.6 Å². The molecule has 0 fully saturated rings. The summed E-state index contributed by atoms with van der Waals surface area (Å²) in [5.74, 6) is -23.8. The fourth-order valence-electron chi connectivity index (χ4n) is 4.08. The summed E-state index contributed by atoms with van der Waals surface area (Å²) in [5.41, 5.74) is -2.21. The third-order valence-corrected chi connectivity index (χ3v) is 7.72. The maximum Gasteiger partial charge on any atom is 0.196 e. The molecule has 2 aliphatic rings. The lowest BCUT2D eigenvalue weighted by Crippen LogP contribution is -2.47. The van der Waals surface area contributed by atoms with Crippen LogP contribution in [0.4, 0.5) is 52.7 Å². The van der Waals surface area contributed by atoms with Gasteiger partial charge in [0.25, 0.3) is 0 Å². The molecule has 0 heterocycles. The highest BCUT2D eigenvalue weighted by Crippen LogP contribution is 2.66. The van der Waals surface area contributed by atoms with Crippen molar-refractivity contribution < 1.29 is 52.7 Å². The molecular weight excluding hydrogens is 548 g/mol. The van der Waals surface area contributed by atoms with Gasteiger partial charge in [-0.05, 0) is 35.4 Å². The van der Waals surface area contributed by atoms with Crippen LogP contribution in [0.15, 0.2) is 95.1 Å². The molecule has 2 aromatic carbocycles. The van der Waals surface area contributed by atoms with Gasteiger partial charge < -0.3 is 0 Å². The Hall–Kier alpha value is -3.09. The summed E-state index contributed by atoms with van der Waals surface area (Å²) >= 11 is -0.899. The van der Waals surface area contributed by atoms with Gasteiger partial charge in [0.2, 0.25) is 0 Å². The first kappa shape index (κ1) is 27.0. The lowest BCUT2D eigenvalue weighted by atomic mass is 9.86. The van der Waals surface area contributed by atoms with E-state index in [4.69, 9.17) is 0 Å². The Labute approximate surface area is 204 Å². The van der Waals surface area contributed by atoms with Gasteiger partial charge in [0.1, 0.15) is 21.1 Å². The Bertz CT molecular complexity index is 1300. The number of hydrogen-bond donors (Lipinski definition) is 0. The van der Waals surface area contributed by atoms with Gasteiger partial charge in [0.05, 0.1) is 0 Å². The van der Waals surface area contributed by atoms with Gasteiger partial charge in [-0.2, -0.15) is 0 Å². The lowest BCUT2D eigenvalue weighted by Gasteiger charge is -2.46. The van der Waals surface area contributed by atoms with Crippen LogP contribution in [0.1, 0.15) is 11.1 Å². The van der Waals surface area contributed by atoms with Crippen LogP contribution in [0, 0.1) is 11.6 Å². The monoisotopic (exact) mass is 558 g/mol. The van der Waals surface area contributed by atoms with Gasteiger partial charge in [-0.25, -0.2) is 52.7 Å². The number of allylic oxidation sites excluding steroid dienone is 6. The molecule has 13 heteroatoms. The first-order valence-electron chi connectivity index (χ1n) is 10.0. The van der Waals surface area contributed by atoms with Crippen molar-refractivity contribution in [3.8, 4) is 0 Å². The number of rotatable bonds is 4. The van der Waals surface area contributed by atoms with E-state index in [0.29, 0.717) is 24.3 Å². The zero-order valence-corrected chi connectivity index (χ0v) is 18.5. The van der Waals surface area contributed by atoms with E-state index in [1.54, 1.807) is 0 Å². The molecule has 0 bridgehead atoms. The van der Waals surface area contributed by atoms with Crippen LogP contribution < -0.4 is 0 Å². The van der Waals surface area contributed by atoms with Crippen molar-refractivity contribution in [1.82, 2.24) is 0 Å². The van der Waals surface area contributed by atoms with Crippen LogP contribution in [0.25, 0.3) is 0 Å². The second-order valence-corrected chi connectivity index (χ2v) is 9.39. The molecule has 0 radical (unpaired) electrons. The Balaban J connectivity index is 2.14. The second-order valence-electron chi connectivity index (χ2n) is 7.90. The van der Waals surface area contributed by atoms with Gasteiger partial charge >= 0.3 is 0 Å². The fourth-order valence-corrected chi connectivity index (χ4v) is 5.85. The first-order valence-corrected chi connectivity index (χ1v) is 10.8. The zero-order valence-electron chi connectivity index (χ0n) is 17.7. The van der Waals surface area contributed by atoms with Crippen LogP contribution in [0.2, 0.25) is 0 Å². The third kappa shape index (κ3) is 3.80. The highest BCUT2D eigenvalue weighted by atomic mass is 32.2. The summed E-state index contributed by atoms with van der Waals surface area (Å²) in [6.45, 7) is 0. The van der Waals surface area contributed by atoms with Gasteiger partial charge in [0.15, 0.2) is 59.0 Å². The Morgan fingerprint density at radius 2 is 0.865 bits per heavy atom. The molecule has 2 aromatic rings. The smallest absolute Gasteiger partial charge is 0.196 e. The van der Waals surface area contributed by atoms with Crippen LogP contribution in [0.5, 0.6) is 0 Å². The van der Waals surface area contributed by atoms with Crippen molar-refractivity contribution in [2.24, 2.45) is 0 Å². The molecule has 196 valence electrons. The molecule has 0 aliphatic heterocycles. The number of alkyl halides is 2. The van der Waals surface area contributed by atoms with Gasteiger partial charge in [0, 0.05) is 0 Å². The molecule has 4 atom stereocenters. The molecule has 4 unspecified atom stereocenters. The van der Waals surface area contributed by atoms with Crippen LogP contribution in [-0.2, 0) is 9.49 Å². The first-order chi connectivity index (χ1) is 17.3. The highest BCUT2D eigenvalue weighted by molar-refractivity contribution is 8.01. The average Bonchev–Trinajstić information content (AvgIpc) is 2.88. The van der Waals surface area contributed by atoms with Crippen molar-refractivity contribution in [1.29, 1.82) is 0 Å². The molecule has 0 saturated heterocycles. The molecule has 0 nitrogen and oxygen atoms in total. The van der Waals surface area contributed by atoms with Gasteiger partial charge in [-0.3, -0.25) is 0 Å². The molecule has 0 amide bonds. The minimum Gasteiger partial charge on any atom is -0.237 e. The molecule has 0 N–H and O–H groups in total. The van der Waals surface area contributed by atoms with E-state index in [1.165, 1.54) is 0 Å². The highest BCUT2D eigenvalue weighted by Gasteiger charge is 2.64. The quantitative estimate of drug-likeness (QED) is 0.338. The topological polar surface area (TPSA) is 0 Å². The Morgan fingerprint density at radius 1 is 0.514 bits per heavy atom. The second kappa shape index (κ2) is 9.34. The van der Waals surface area contributed by atoms with E-state index in [2.05, 4.69) is 0 Å². The van der Waals surface area contributed by atoms with Crippen molar-refractivity contribution in [2.45, 2.75) is 21.8 Å². The summed E-state index contributed by atoms with van der Waals surface area (Å²) in [6.07, 6.45) is -7.43. The van der Waals surface area contributed by atoms with Crippen molar-refractivity contribution in [3.63, 3.8) is 0 Å². The lowest BCUT2D eigenvalue weighted by molar-refractivity contribution is 0.210. The molecule has 0 saturated carbocycles. The standard InChI is InChI=1S/C24H10F12S/c25-11-5-1-3-9(7-11)23(19(33)15(29)13(27)16(30)20(23)34)37-24(10-4-2-6-12(26)8-10)21(35)17(31)14(28)18(32)22(24)36/h1-8,19,21H.